The zero-order valence-electron chi connectivity index (χ0n) is 33.5. The standard InChI is InChI=1S/C47H52F5N3O2Si/c1-32-24-34-25-33(39-18-11-12-19-43(39)56)20-21-40(34)45(44-41(49)26-35(27-42(44)50)53-36-28-54(29-36)23-13-22-48)55(32)30-47(51,52)31-57-58(46(2,3)4,37-14-7-5-8-15-37)38-16-9-6-10-17-38/h5-12,14-21,25-27,32,36,45,53,56H,13,22-24,28-31H2,1-4H3/t32-,45+/m1/s1. The number of para-hydroxylation sites is 1. The third-order valence-corrected chi connectivity index (χ3v) is 16.7. The minimum Gasteiger partial charge on any atom is -0.507 e. The summed E-state index contributed by atoms with van der Waals surface area (Å²) < 4.78 is 86.2. The number of aromatic hydroxyl groups is 1. The van der Waals surface area contributed by atoms with E-state index in [1.54, 1.807) is 37.3 Å². The van der Waals surface area contributed by atoms with Crippen LogP contribution in [-0.4, -0.2) is 80.7 Å². The van der Waals surface area contributed by atoms with Gasteiger partial charge in [0.25, 0.3) is 14.2 Å². The van der Waals surface area contributed by atoms with Crippen LogP contribution in [0.3, 0.4) is 0 Å². The molecule has 2 aliphatic heterocycles. The summed E-state index contributed by atoms with van der Waals surface area (Å²) in [6.45, 7) is 7.63. The average molecular weight is 814 g/mol. The van der Waals surface area contributed by atoms with Crippen molar-refractivity contribution in [3.05, 3.63) is 144 Å². The Labute approximate surface area is 339 Å². The number of likely N-dealkylation sites (tertiary alicyclic amines) is 1. The molecule has 0 aliphatic carbocycles. The van der Waals surface area contributed by atoms with Crippen LogP contribution in [-0.2, 0) is 10.8 Å². The Morgan fingerprint density at radius 2 is 1.43 bits per heavy atom. The molecule has 0 bridgehead atoms. The Balaban J connectivity index is 1.24. The molecule has 2 heterocycles. The summed E-state index contributed by atoms with van der Waals surface area (Å²) in [6.07, 6.45) is 0.767. The molecule has 0 radical (unpaired) electrons. The summed E-state index contributed by atoms with van der Waals surface area (Å²) in [6, 6.07) is 32.1. The maximum atomic E-state index is 16.9. The lowest BCUT2D eigenvalue weighted by Crippen LogP contribution is -2.67. The highest BCUT2D eigenvalue weighted by Crippen LogP contribution is 2.44. The summed E-state index contributed by atoms with van der Waals surface area (Å²) in [5.41, 5.74) is 2.52. The smallest absolute Gasteiger partial charge is 0.282 e. The van der Waals surface area contributed by atoms with E-state index < -0.39 is 62.8 Å². The number of halogens is 5. The van der Waals surface area contributed by atoms with Gasteiger partial charge in [0.1, 0.15) is 17.4 Å². The lowest BCUT2D eigenvalue weighted by atomic mass is 9.82. The lowest BCUT2D eigenvalue weighted by Gasteiger charge is -2.46. The Morgan fingerprint density at radius 3 is 2.02 bits per heavy atom. The topological polar surface area (TPSA) is 48.0 Å². The van der Waals surface area contributed by atoms with Crippen molar-refractivity contribution in [2.24, 2.45) is 0 Å². The molecule has 1 fully saturated rings. The highest BCUT2D eigenvalue weighted by molar-refractivity contribution is 6.99. The number of benzene rings is 5. The highest BCUT2D eigenvalue weighted by atomic mass is 28.4. The molecule has 0 aromatic heterocycles. The van der Waals surface area contributed by atoms with Crippen molar-refractivity contribution < 1.29 is 31.5 Å². The van der Waals surface area contributed by atoms with Gasteiger partial charge in [-0.25, -0.2) is 17.6 Å². The first kappa shape index (κ1) is 41.6. The molecule has 0 amide bonds. The number of hydrogen-bond acceptors (Lipinski definition) is 5. The van der Waals surface area contributed by atoms with Gasteiger partial charge in [-0.1, -0.05) is 118 Å². The van der Waals surface area contributed by atoms with E-state index in [-0.39, 0.29) is 23.0 Å². The molecular weight excluding hydrogens is 762 g/mol. The number of rotatable bonds is 14. The molecule has 2 atom stereocenters. The molecule has 5 aromatic carbocycles. The van der Waals surface area contributed by atoms with Crippen molar-refractivity contribution >= 4 is 24.4 Å². The van der Waals surface area contributed by atoms with E-state index in [4.69, 9.17) is 4.43 Å². The summed E-state index contributed by atoms with van der Waals surface area (Å²) in [7, 11) is -3.34. The summed E-state index contributed by atoms with van der Waals surface area (Å²) in [5, 5.41) is 15.0. The van der Waals surface area contributed by atoms with E-state index >= 15 is 17.6 Å². The molecule has 1 saturated heterocycles. The number of nitrogens with one attached hydrogen (secondary N) is 1. The second-order valence-corrected chi connectivity index (χ2v) is 21.2. The number of nitrogens with zero attached hydrogens (tertiary/aromatic N) is 2. The largest absolute Gasteiger partial charge is 0.507 e. The molecule has 58 heavy (non-hydrogen) atoms. The van der Waals surface area contributed by atoms with Crippen molar-refractivity contribution in [1.82, 2.24) is 9.80 Å². The maximum Gasteiger partial charge on any atom is 0.282 e. The third kappa shape index (κ3) is 8.45. The van der Waals surface area contributed by atoms with Crippen molar-refractivity contribution in [3.63, 3.8) is 0 Å². The number of fused-ring (bicyclic) bond motifs is 1. The summed E-state index contributed by atoms with van der Waals surface area (Å²) >= 11 is 0. The predicted octanol–water partition coefficient (Wildman–Crippen LogP) is 9.34. The first-order valence-electron chi connectivity index (χ1n) is 20.0. The zero-order valence-corrected chi connectivity index (χ0v) is 34.5. The maximum absolute atomic E-state index is 16.9. The van der Waals surface area contributed by atoms with Gasteiger partial charge in [0, 0.05) is 42.5 Å². The average Bonchev–Trinajstić information content (AvgIpc) is 3.17. The minimum atomic E-state index is -3.43. The molecule has 5 aromatic rings. The molecule has 0 unspecified atom stereocenters. The minimum absolute atomic E-state index is 0.0572. The summed E-state index contributed by atoms with van der Waals surface area (Å²) in [5.74, 6) is -5.03. The molecule has 11 heteroatoms. The van der Waals surface area contributed by atoms with Gasteiger partial charge >= 0.3 is 0 Å². The Morgan fingerprint density at radius 1 is 0.828 bits per heavy atom. The molecule has 5 nitrogen and oxygen atoms in total. The van der Waals surface area contributed by atoms with Gasteiger partial charge in [-0.3, -0.25) is 14.2 Å². The quantitative estimate of drug-likeness (QED) is 0.0866. The second kappa shape index (κ2) is 17.0. The highest BCUT2D eigenvalue weighted by Gasteiger charge is 2.52. The predicted molar refractivity (Wildman–Crippen MR) is 225 cm³/mol. The Bertz CT molecular complexity index is 2120. The van der Waals surface area contributed by atoms with E-state index in [0.717, 1.165) is 15.9 Å². The van der Waals surface area contributed by atoms with Crippen molar-refractivity contribution in [2.75, 3.05) is 44.8 Å². The SMILES string of the molecule is C[C@@H]1Cc2cc(-c3ccccc3O)ccc2[C@@H](c2c(F)cc(NC3CN(CCCF)C3)cc2F)N1CC(F)(F)CO[Si](c1ccccc1)(c1ccccc1)C(C)(C)C. The van der Waals surface area contributed by atoms with Gasteiger partial charge < -0.3 is 14.8 Å². The monoisotopic (exact) mass is 813 g/mol. The van der Waals surface area contributed by atoms with E-state index in [1.807, 2.05) is 93.6 Å². The Kier molecular flexibility index (Phi) is 12.2. The first-order chi connectivity index (χ1) is 27.7. The van der Waals surface area contributed by atoms with Gasteiger partial charge in [0.2, 0.25) is 0 Å². The fraction of sp³-hybridized carbons (Fsp3) is 0.362. The van der Waals surface area contributed by atoms with Gasteiger partial charge in [-0.05, 0) is 70.1 Å². The first-order valence-corrected chi connectivity index (χ1v) is 21.9. The fourth-order valence-corrected chi connectivity index (χ4v) is 13.5. The van der Waals surface area contributed by atoms with Gasteiger partial charge in [0.05, 0.1) is 31.9 Å². The van der Waals surface area contributed by atoms with Crippen LogP contribution in [0.1, 0.15) is 56.8 Å². The van der Waals surface area contributed by atoms with E-state index in [2.05, 4.69) is 10.2 Å². The molecular formula is C47H52F5N3O2Si. The molecule has 0 spiro atoms. The molecule has 2 N–H and O–H groups in total. The number of phenols is 1. The number of hydrogen-bond donors (Lipinski definition) is 2. The van der Waals surface area contributed by atoms with E-state index in [9.17, 15) is 9.50 Å². The Hall–Kier alpha value is -4.55. The third-order valence-electron chi connectivity index (χ3n) is 11.7. The van der Waals surface area contributed by atoms with Crippen LogP contribution in [0.25, 0.3) is 11.1 Å². The van der Waals surface area contributed by atoms with Gasteiger partial charge in [0.15, 0.2) is 0 Å². The van der Waals surface area contributed by atoms with Crippen LogP contribution in [0, 0.1) is 11.6 Å². The van der Waals surface area contributed by atoms with Crippen molar-refractivity contribution in [2.45, 2.75) is 69.6 Å². The van der Waals surface area contributed by atoms with Crippen LogP contribution < -0.4 is 15.7 Å². The molecule has 0 saturated carbocycles. The van der Waals surface area contributed by atoms with E-state index in [1.165, 1.54) is 17.0 Å². The van der Waals surface area contributed by atoms with Crippen LogP contribution in [0.2, 0.25) is 5.04 Å². The zero-order chi connectivity index (χ0) is 41.2. The van der Waals surface area contributed by atoms with Crippen LogP contribution in [0.4, 0.5) is 27.6 Å². The normalized spacial score (nSPS) is 18.2. The lowest BCUT2D eigenvalue weighted by molar-refractivity contribution is -0.0823. The summed E-state index contributed by atoms with van der Waals surface area (Å²) in [4.78, 5) is 3.58. The number of alkyl halides is 3. The van der Waals surface area contributed by atoms with Crippen LogP contribution in [0.15, 0.2) is 115 Å². The van der Waals surface area contributed by atoms with Crippen molar-refractivity contribution in [1.29, 1.82) is 0 Å². The molecule has 7 rings (SSSR count). The molecule has 2 aliphatic rings. The van der Waals surface area contributed by atoms with Crippen LogP contribution in [0.5, 0.6) is 5.75 Å². The fourth-order valence-electron chi connectivity index (χ4n) is 8.95. The van der Waals surface area contributed by atoms with Gasteiger partial charge in [-0.2, -0.15) is 0 Å². The second-order valence-electron chi connectivity index (χ2n) is 16.9. The molecule has 306 valence electrons. The van der Waals surface area contributed by atoms with Crippen LogP contribution >= 0.6 is 0 Å². The van der Waals surface area contributed by atoms with Crippen molar-refractivity contribution in [3.8, 4) is 16.9 Å². The number of anilines is 1. The number of phenolic OH excluding ortho intramolecular Hbond substituents is 1. The van der Waals surface area contributed by atoms with E-state index in [0.29, 0.717) is 49.2 Å². The van der Waals surface area contributed by atoms with Gasteiger partial charge in [-0.15, -0.1) is 0 Å².